The summed E-state index contributed by atoms with van der Waals surface area (Å²) in [4.78, 5) is 25.5. The SMILES string of the molecule is Cc1cccc(N2C(=O)/C(=C\c3ccc(OCC(=O)O)cc3)SC2=S)c1C. The number of carboxylic acids is 1. The molecule has 2 aromatic rings. The maximum absolute atomic E-state index is 12.9. The van der Waals surface area contributed by atoms with Crippen molar-refractivity contribution in [2.45, 2.75) is 13.8 Å². The Morgan fingerprint density at radius 3 is 2.59 bits per heavy atom. The molecule has 0 unspecified atom stereocenters. The number of carboxylic acid groups (broad SMARTS) is 1. The number of carbonyl (C=O) groups excluding carboxylic acids is 1. The fourth-order valence-electron chi connectivity index (χ4n) is 2.61. The van der Waals surface area contributed by atoms with Crippen molar-refractivity contribution in [3.63, 3.8) is 0 Å². The Hall–Kier alpha value is -2.64. The molecule has 0 saturated carbocycles. The van der Waals surface area contributed by atoms with E-state index in [0.29, 0.717) is 15.0 Å². The van der Waals surface area contributed by atoms with E-state index in [9.17, 15) is 9.59 Å². The van der Waals surface area contributed by atoms with Gasteiger partial charge in [-0.15, -0.1) is 0 Å². The summed E-state index contributed by atoms with van der Waals surface area (Å²) >= 11 is 6.69. The third kappa shape index (κ3) is 4.20. The van der Waals surface area contributed by atoms with Crippen LogP contribution in [-0.4, -0.2) is 27.9 Å². The van der Waals surface area contributed by atoms with E-state index in [1.807, 2.05) is 32.0 Å². The number of hydrogen-bond acceptors (Lipinski definition) is 5. The number of thiocarbonyl (C=S) groups is 1. The van der Waals surface area contributed by atoms with Crippen molar-refractivity contribution in [1.29, 1.82) is 0 Å². The van der Waals surface area contributed by atoms with E-state index in [0.717, 1.165) is 22.4 Å². The summed E-state index contributed by atoms with van der Waals surface area (Å²) in [6.07, 6.45) is 1.77. The van der Waals surface area contributed by atoms with Crippen LogP contribution in [0.5, 0.6) is 5.75 Å². The molecule has 1 heterocycles. The van der Waals surface area contributed by atoms with Gasteiger partial charge in [0, 0.05) is 0 Å². The number of ether oxygens (including phenoxy) is 1. The number of aliphatic carboxylic acids is 1. The Bertz CT molecular complexity index is 951. The van der Waals surface area contributed by atoms with Gasteiger partial charge in [0.2, 0.25) is 0 Å². The fourth-order valence-corrected chi connectivity index (χ4v) is 3.89. The number of aryl methyl sites for hydroxylation is 1. The van der Waals surface area contributed by atoms with E-state index >= 15 is 0 Å². The van der Waals surface area contributed by atoms with Gasteiger partial charge in [-0.1, -0.05) is 48.2 Å². The highest BCUT2D eigenvalue weighted by atomic mass is 32.2. The van der Waals surface area contributed by atoms with Crippen molar-refractivity contribution in [2.75, 3.05) is 11.5 Å². The summed E-state index contributed by atoms with van der Waals surface area (Å²) in [5.41, 5.74) is 3.73. The van der Waals surface area contributed by atoms with Gasteiger partial charge in [0.05, 0.1) is 10.6 Å². The van der Waals surface area contributed by atoms with E-state index < -0.39 is 12.6 Å². The van der Waals surface area contributed by atoms with Crippen LogP contribution in [0.15, 0.2) is 47.4 Å². The number of anilines is 1. The number of benzene rings is 2. The van der Waals surface area contributed by atoms with E-state index in [2.05, 4.69) is 0 Å². The third-order valence-electron chi connectivity index (χ3n) is 4.15. The zero-order chi connectivity index (χ0) is 19.6. The van der Waals surface area contributed by atoms with Gasteiger partial charge in [-0.2, -0.15) is 0 Å². The number of hydrogen-bond donors (Lipinski definition) is 1. The Morgan fingerprint density at radius 2 is 1.93 bits per heavy atom. The molecule has 5 nitrogen and oxygen atoms in total. The largest absolute Gasteiger partial charge is 0.482 e. The van der Waals surface area contributed by atoms with Crippen LogP contribution in [0.4, 0.5) is 5.69 Å². The van der Waals surface area contributed by atoms with Gasteiger partial charge in [-0.3, -0.25) is 9.69 Å². The lowest BCUT2D eigenvalue weighted by Gasteiger charge is -2.18. The topological polar surface area (TPSA) is 66.8 Å². The lowest BCUT2D eigenvalue weighted by Crippen LogP contribution is -2.28. The molecule has 1 saturated heterocycles. The van der Waals surface area contributed by atoms with Crippen LogP contribution in [-0.2, 0) is 9.59 Å². The molecule has 0 spiro atoms. The van der Waals surface area contributed by atoms with Gasteiger partial charge in [-0.05, 0) is 54.8 Å². The van der Waals surface area contributed by atoms with Crippen LogP contribution in [0, 0.1) is 13.8 Å². The molecule has 1 aliphatic heterocycles. The quantitative estimate of drug-likeness (QED) is 0.601. The molecule has 0 aromatic heterocycles. The average Bonchev–Trinajstić information content (AvgIpc) is 2.90. The fraction of sp³-hybridized carbons (Fsp3) is 0.150. The van der Waals surface area contributed by atoms with Crippen LogP contribution >= 0.6 is 24.0 Å². The first-order chi connectivity index (χ1) is 12.9. The van der Waals surface area contributed by atoms with Crippen molar-refractivity contribution in [3.05, 3.63) is 64.1 Å². The van der Waals surface area contributed by atoms with Crippen molar-refractivity contribution in [2.24, 2.45) is 0 Å². The van der Waals surface area contributed by atoms with Crippen LogP contribution in [0.25, 0.3) is 6.08 Å². The summed E-state index contributed by atoms with van der Waals surface area (Å²) < 4.78 is 5.61. The summed E-state index contributed by atoms with van der Waals surface area (Å²) in [5.74, 6) is -0.725. The number of carbonyl (C=O) groups is 2. The van der Waals surface area contributed by atoms with Crippen LogP contribution < -0.4 is 9.64 Å². The van der Waals surface area contributed by atoms with Crippen molar-refractivity contribution in [1.82, 2.24) is 0 Å². The summed E-state index contributed by atoms with van der Waals surface area (Å²) in [6.45, 7) is 3.58. The van der Waals surface area contributed by atoms with Crippen molar-refractivity contribution >= 4 is 51.9 Å². The number of rotatable bonds is 5. The third-order valence-corrected chi connectivity index (χ3v) is 5.45. The molecule has 2 aromatic carbocycles. The molecule has 0 aliphatic carbocycles. The molecule has 138 valence electrons. The Balaban J connectivity index is 1.82. The van der Waals surface area contributed by atoms with Gasteiger partial charge in [0.1, 0.15) is 5.75 Å². The Morgan fingerprint density at radius 1 is 1.22 bits per heavy atom. The average molecular weight is 399 g/mol. The highest BCUT2D eigenvalue weighted by Crippen LogP contribution is 2.37. The normalized spacial score (nSPS) is 15.5. The molecule has 1 amide bonds. The zero-order valence-electron chi connectivity index (χ0n) is 14.8. The summed E-state index contributed by atoms with van der Waals surface area (Å²) in [7, 11) is 0. The molecule has 0 radical (unpaired) electrons. The minimum absolute atomic E-state index is 0.148. The monoisotopic (exact) mass is 399 g/mol. The number of thioether (sulfide) groups is 1. The molecule has 1 N–H and O–H groups in total. The standard InChI is InChI=1S/C20H17NO4S2/c1-12-4-3-5-16(13(12)2)21-19(24)17(27-20(21)26)10-14-6-8-15(9-7-14)25-11-18(22)23/h3-10H,11H2,1-2H3,(H,22,23)/b17-10+. The Kier molecular flexibility index (Phi) is 5.62. The maximum atomic E-state index is 12.9. The van der Waals surface area contributed by atoms with Gasteiger partial charge < -0.3 is 9.84 Å². The maximum Gasteiger partial charge on any atom is 0.341 e. The highest BCUT2D eigenvalue weighted by Gasteiger charge is 2.34. The molecule has 0 bridgehead atoms. The molecule has 1 fully saturated rings. The van der Waals surface area contributed by atoms with Crippen LogP contribution in [0.1, 0.15) is 16.7 Å². The molecular weight excluding hydrogens is 382 g/mol. The van der Waals surface area contributed by atoms with Crippen molar-refractivity contribution in [3.8, 4) is 5.75 Å². The first-order valence-corrected chi connectivity index (χ1v) is 9.38. The smallest absolute Gasteiger partial charge is 0.341 e. The second-order valence-electron chi connectivity index (χ2n) is 5.99. The van der Waals surface area contributed by atoms with E-state index in [4.69, 9.17) is 22.1 Å². The predicted molar refractivity (Wildman–Crippen MR) is 111 cm³/mol. The summed E-state index contributed by atoms with van der Waals surface area (Å²) in [6, 6.07) is 12.7. The lowest BCUT2D eigenvalue weighted by molar-refractivity contribution is -0.139. The van der Waals surface area contributed by atoms with E-state index in [-0.39, 0.29) is 5.91 Å². The predicted octanol–water partition coefficient (Wildman–Crippen LogP) is 4.17. The summed E-state index contributed by atoms with van der Waals surface area (Å²) in [5, 5.41) is 8.64. The first kappa shape index (κ1) is 19.1. The number of amides is 1. The molecule has 27 heavy (non-hydrogen) atoms. The minimum atomic E-state index is -1.03. The minimum Gasteiger partial charge on any atom is -0.482 e. The number of nitrogens with zero attached hydrogens (tertiary/aromatic N) is 1. The van der Waals surface area contributed by atoms with E-state index in [1.54, 1.807) is 35.2 Å². The van der Waals surface area contributed by atoms with Crippen LogP contribution in [0.2, 0.25) is 0 Å². The molecule has 7 heteroatoms. The van der Waals surface area contributed by atoms with Crippen molar-refractivity contribution < 1.29 is 19.4 Å². The molecule has 1 aliphatic rings. The van der Waals surface area contributed by atoms with E-state index in [1.165, 1.54) is 11.8 Å². The second kappa shape index (κ2) is 7.94. The van der Waals surface area contributed by atoms with Gasteiger partial charge in [-0.25, -0.2) is 4.79 Å². The van der Waals surface area contributed by atoms with Gasteiger partial charge >= 0.3 is 5.97 Å². The van der Waals surface area contributed by atoms with Gasteiger partial charge in [0.25, 0.3) is 5.91 Å². The molecular formula is C20H17NO4S2. The molecule has 0 atom stereocenters. The van der Waals surface area contributed by atoms with Crippen LogP contribution in [0.3, 0.4) is 0 Å². The highest BCUT2D eigenvalue weighted by molar-refractivity contribution is 8.27. The Labute approximate surface area is 166 Å². The zero-order valence-corrected chi connectivity index (χ0v) is 16.4. The first-order valence-electron chi connectivity index (χ1n) is 8.15. The second-order valence-corrected chi connectivity index (χ2v) is 7.66. The van der Waals surface area contributed by atoms with Gasteiger partial charge in [0.15, 0.2) is 10.9 Å². The lowest BCUT2D eigenvalue weighted by atomic mass is 10.1. The molecule has 3 rings (SSSR count).